The summed E-state index contributed by atoms with van der Waals surface area (Å²) >= 11 is 5.10. The van der Waals surface area contributed by atoms with Crippen LogP contribution in [0.2, 0.25) is 0 Å². The Kier molecular flexibility index (Phi) is 23.6. The minimum absolute atomic E-state index is 0.0151. The molecule has 4 saturated heterocycles. The smallest absolute Gasteiger partial charge is 0.192 e. The zero-order valence-corrected chi connectivity index (χ0v) is 36.6. The molecule has 23 heteroatoms. The second-order valence-electron chi connectivity index (χ2n) is 14.7. The van der Waals surface area contributed by atoms with Crippen molar-refractivity contribution in [2.45, 2.75) is 177 Å². The van der Waals surface area contributed by atoms with Crippen molar-refractivity contribution in [2.75, 3.05) is 26.4 Å². The van der Waals surface area contributed by atoms with Gasteiger partial charge in [0.25, 0.3) is 0 Å². The van der Waals surface area contributed by atoms with Crippen molar-refractivity contribution in [3.63, 3.8) is 0 Å². The van der Waals surface area contributed by atoms with Crippen LogP contribution in [0.1, 0.15) is 81.1 Å². The summed E-state index contributed by atoms with van der Waals surface area (Å²) in [5.41, 5.74) is 0. The van der Waals surface area contributed by atoms with E-state index in [1.165, 1.54) is 0 Å². The van der Waals surface area contributed by atoms with Crippen LogP contribution in [0.3, 0.4) is 0 Å². The normalized spacial score (nSPS) is 34.9. The number of phosphoric acid groups is 1. The standard InChI is InChI=1S/C16H29B2O7PS.C8H16BO6P.C8H15BO2S/c1-9(2)21-7-13-14(6-16(18)25-13)27-26(19,20)22-8-12-11(23-10(3)4)5-15(17)24-12;1-5(2)14-6-3-8(9)15-7(6)4-13-16(10,11)12;1-5(2)10-4-6-7(12)3-8(9)11-6/h9-16H,5-8H2,1-4H3,(H,19,20);5-8H,3-4H2,1-2H3,(H2,10,11,12);5-8,12H,3-4H2,1-2H3/p-3/t11-,12-,13-,14-,15-,16-;2*6-,7-,8-/m111/s1. The molecule has 15 nitrogen and oxygen atoms in total. The van der Waals surface area contributed by atoms with Crippen LogP contribution in [0.25, 0.3) is 0 Å². The lowest BCUT2D eigenvalue weighted by Crippen LogP contribution is -2.32. The van der Waals surface area contributed by atoms with Crippen molar-refractivity contribution in [1.29, 1.82) is 0 Å². The van der Waals surface area contributed by atoms with E-state index in [2.05, 4.69) is 17.2 Å². The molecule has 4 rings (SSSR count). The molecule has 0 amide bonds. The molecule has 4 heterocycles. The van der Waals surface area contributed by atoms with Crippen molar-refractivity contribution < 1.29 is 70.8 Å². The number of phosphoric ester groups is 1. The van der Waals surface area contributed by atoms with Gasteiger partial charge in [-0.2, -0.15) is 12.6 Å². The summed E-state index contributed by atoms with van der Waals surface area (Å²) < 4.78 is 76.0. The Balaban J connectivity index is 0.000000315. The molecule has 0 saturated carbocycles. The van der Waals surface area contributed by atoms with Crippen LogP contribution in [0.4, 0.5) is 0 Å². The van der Waals surface area contributed by atoms with E-state index in [4.69, 9.17) is 73.8 Å². The van der Waals surface area contributed by atoms with E-state index in [0.717, 1.165) is 17.8 Å². The van der Waals surface area contributed by atoms with Crippen LogP contribution in [-0.2, 0) is 56.1 Å². The van der Waals surface area contributed by atoms with Gasteiger partial charge in [0.15, 0.2) is 6.80 Å². The van der Waals surface area contributed by atoms with E-state index in [9.17, 15) is 23.8 Å². The monoisotopic (exact) mass is 851 g/mol. The highest BCUT2D eigenvalue weighted by molar-refractivity contribution is 8.54. The van der Waals surface area contributed by atoms with E-state index >= 15 is 0 Å². The first-order valence-electron chi connectivity index (χ1n) is 18.6. The van der Waals surface area contributed by atoms with Gasteiger partial charge < -0.3 is 66.2 Å². The van der Waals surface area contributed by atoms with Crippen LogP contribution in [-0.4, -0.2) is 153 Å². The van der Waals surface area contributed by atoms with Gasteiger partial charge in [0, 0.05) is 34.5 Å². The summed E-state index contributed by atoms with van der Waals surface area (Å²) in [7, 11) is 17.8. The third-order valence-electron chi connectivity index (χ3n) is 8.08. The molecule has 4 fully saturated rings. The van der Waals surface area contributed by atoms with Crippen LogP contribution in [0, 0.1) is 0 Å². The second-order valence-corrected chi connectivity index (χ2v) is 20.5. The summed E-state index contributed by atoms with van der Waals surface area (Å²) in [5.74, 6) is 0. The lowest BCUT2D eigenvalue weighted by Gasteiger charge is -2.31. The van der Waals surface area contributed by atoms with Crippen molar-refractivity contribution in [2.24, 2.45) is 0 Å². The van der Waals surface area contributed by atoms with E-state index < -0.39 is 50.9 Å². The molecule has 0 bridgehead atoms. The maximum Gasteiger partial charge on any atom is 0.192 e. The Morgan fingerprint density at radius 2 is 1.00 bits per heavy atom. The van der Waals surface area contributed by atoms with Gasteiger partial charge in [0.2, 0.25) is 0 Å². The van der Waals surface area contributed by atoms with Crippen LogP contribution in [0.15, 0.2) is 0 Å². The van der Waals surface area contributed by atoms with E-state index in [-0.39, 0.29) is 79.1 Å². The largest absolute Gasteiger partial charge is 0.790 e. The number of thiol groups is 1. The van der Waals surface area contributed by atoms with Crippen molar-refractivity contribution in [3.8, 4) is 0 Å². The first kappa shape index (κ1) is 52.0. The number of rotatable bonds is 18. The minimum Gasteiger partial charge on any atom is -0.790 e. The summed E-state index contributed by atoms with van der Waals surface area (Å²) in [6.07, 6.45) is 0.285. The van der Waals surface area contributed by atoms with Crippen LogP contribution < -0.4 is 14.7 Å². The third kappa shape index (κ3) is 21.8. The summed E-state index contributed by atoms with van der Waals surface area (Å²) in [5, 5.41) is -0.129. The molecule has 0 aliphatic carbocycles. The summed E-state index contributed by atoms with van der Waals surface area (Å²) in [4.78, 5) is 33.1. The van der Waals surface area contributed by atoms with Gasteiger partial charge in [0.1, 0.15) is 43.6 Å². The molecule has 4 aliphatic rings. The van der Waals surface area contributed by atoms with Crippen LogP contribution >= 0.6 is 38.6 Å². The summed E-state index contributed by atoms with van der Waals surface area (Å²) in [6.45, 7) is 11.5. The lowest BCUT2D eigenvalue weighted by atomic mass is 9.96. The quantitative estimate of drug-likeness (QED) is 0.118. The van der Waals surface area contributed by atoms with E-state index in [0.29, 0.717) is 25.9 Å². The minimum atomic E-state index is -4.98. The molecule has 0 aromatic heterocycles. The predicted molar refractivity (Wildman–Crippen MR) is 210 cm³/mol. The van der Waals surface area contributed by atoms with Gasteiger partial charge in [-0.3, -0.25) is 4.57 Å². The van der Waals surface area contributed by atoms with Crippen molar-refractivity contribution in [1.82, 2.24) is 0 Å². The number of hydrogen-bond donors (Lipinski definition) is 1. The molecule has 55 heavy (non-hydrogen) atoms. The topological polar surface area (TPSA) is 196 Å². The average Bonchev–Trinajstić information content (AvgIpc) is 3.77. The maximum absolute atomic E-state index is 12.4. The van der Waals surface area contributed by atoms with Gasteiger partial charge in [-0.1, -0.05) is 11.4 Å². The molecule has 13 atom stereocenters. The second kappa shape index (κ2) is 25.0. The fraction of sp³-hybridized carbons (Fsp3) is 1.00. The molecule has 312 valence electrons. The predicted octanol–water partition coefficient (Wildman–Crippen LogP) is 1.26. The average molecular weight is 851 g/mol. The van der Waals surface area contributed by atoms with Gasteiger partial charge in [-0.25, -0.2) is 0 Å². The Morgan fingerprint density at radius 1 is 0.600 bits per heavy atom. The first-order valence-corrected chi connectivity index (χ1v) is 23.6. The highest BCUT2D eigenvalue weighted by Gasteiger charge is 2.39. The van der Waals surface area contributed by atoms with E-state index in [1.807, 2.05) is 55.4 Å². The van der Waals surface area contributed by atoms with Crippen LogP contribution in [0.5, 0.6) is 0 Å². The van der Waals surface area contributed by atoms with Crippen molar-refractivity contribution in [3.05, 3.63) is 0 Å². The van der Waals surface area contributed by atoms with Gasteiger partial charge in [-0.05, 0) is 81.1 Å². The maximum atomic E-state index is 12.4. The highest BCUT2D eigenvalue weighted by Crippen LogP contribution is 2.57. The lowest BCUT2D eigenvalue weighted by molar-refractivity contribution is -0.343. The van der Waals surface area contributed by atoms with Crippen molar-refractivity contribution >= 4 is 70.0 Å². The van der Waals surface area contributed by atoms with Gasteiger partial charge >= 0.3 is 0 Å². The third-order valence-corrected chi connectivity index (χ3v) is 12.5. The molecule has 1 unspecified atom stereocenters. The fourth-order valence-corrected chi connectivity index (χ4v) is 9.79. The number of hydrogen-bond acceptors (Lipinski definition) is 17. The summed E-state index contributed by atoms with van der Waals surface area (Å²) in [6, 6.07) is -1.67. The Morgan fingerprint density at radius 3 is 1.42 bits per heavy atom. The molecule has 8 radical (unpaired) electrons. The SMILES string of the molecule is [B][C@H]1C[C@@H](OC(C)C)[C@@H](COP(=O)([O-])S[C@@H]2C[C@H]([B])O[C@@H]2COC(C)C)O1.[B][C@H]1C[C@@H](OC(C)C)[C@@H](COP(=O)([O-])[O-])O1.[B][C@H]1C[C@@H](S)[C@@H](COC(C)C)O1. The zero-order chi connectivity index (χ0) is 41.7. The molecular weight excluding hydrogens is 794 g/mol. The molecule has 0 spiro atoms. The Labute approximate surface area is 342 Å². The first-order chi connectivity index (χ1) is 25.4. The molecule has 0 aromatic carbocycles. The molecule has 0 N–H and O–H groups in total. The molecular formula is C32H57B4O15P2S2-3. The molecule has 4 aliphatic heterocycles. The Bertz CT molecular complexity index is 1180. The molecule has 0 aromatic rings. The fourth-order valence-electron chi connectivity index (χ4n) is 5.79. The zero-order valence-electron chi connectivity index (χ0n) is 33.1. The van der Waals surface area contributed by atoms with Gasteiger partial charge in [0.05, 0.1) is 83.1 Å². The Hall–Kier alpha value is 0.900. The highest BCUT2D eigenvalue weighted by atomic mass is 32.7. The van der Waals surface area contributed by atoms with E-state index in [1.54, 1.807) is 0 Å². The number of ether oxygens (including phenoxy) is 8. The van der Waals surface area contributed by atoms with Gasteiger partial charge in [-0.15, -0.1) is 0 Å².